The van der Waals surface area contributed by atoms with Crippen molar-refractivity contribution in [3.63, 3.8) is 0 Å². The van der Waals surface area contributed by atoms with Crippen LogP contribution in [-0.4, -0.2) is 37.6 Å². The summed E-state index contributed by atoms with van der Waals surface area (Å²) in [4.78, 5) is 30.6. The van der Waals surface area contributed by atoms with E-state index in [1.54, 1.807) is 24.9 Å². The minimum absolute atomic E-state index is 0.117. The van der Waals surface area contributed by atoms with Gasteiger partial charge in [-0.15, -0.1) is 0 Å². The Kier molecular flexibility index (Phi) is 6.62. The molecule has 0 spiro atoms. The van der Waals surface area contributed by atoms with Gasteiger partial charge in [-0.3, -0.25) is 14.7 Å². The Hall–Kier alpha value is -3.42. The lowest BCUT2D eigenvalue weighted by atomic mass is 9.83. The number of hydrogen-bond acceptors (Lipinski definition) is 4. The van der Waals surface area contributed by atoms with Crippen LogP contribution in [0.1, 0.15) is 59.7 Å². The molecular formula is C25H32N6O2. The number of imidazole rings is 1. The second-order valence-corrected chi connectivity index (χ2v) is 9.01. The van der Waals surface area contributed by atoms with Crippen molar-refractivity contribution in [3.8, 4) is 11.1 Å². The van der Waals surface area contributed by atoms with Crippen molar-refractivity contribution in [2.45, 2.75) is 58.9 Å². The number of carbonyl (C=O) groups excluding carboxylic acids is 2. The summed E-state index contributed by atoms with van der Waals surface area (Å²) in [6, 6.07) is 7.15. The number of benzene rings is 1. The van der Waals surface area contributed by atoms with Crippen LogP contribution in [0.3, 0.4) is 0 Å². The van der Waals surface area contributed by atoms with Crippen LogP contribution in [0.15, 0.2) is 30.6 Å². The molecule has 1 aromatic carbocycles. The van der Waals surface area contributed by atoms with E-state index in [2.05, 4.69) is 25.8 Å². The Morgan fingerprint density at radius 1 is 1.06 bits per heavy atom. The molecule has 0 aliphatic heterocycles. The molecule has 1 saturated carbocycles. The van der Waals surface area contributed by atoms with Crippen molar-refractivity contribution >= 4 is 17.5 Å². The zero-order valence-corrected chi connectivity index (χ0v) is 19.7. The molecule has 1 atom stereocenters. The maximum absolute atomic E-state index is 13.3. The molecule has 8 heteroatoms. The molecule has 0 bridgehead atoms. The van der Waals surface area contributed by atoms with Crippen LogP contribution in [0, 0.1) is 26.7 Å². The summed E-state index contributed by atoms with van der Waals surface area (Å²) in [6.45, 7) is 5.76. The van der Waals surface area contributed by atoms with Gasteiger partial charge in [0.05, 0.1) is 17.7 Å². The third-order valence-electron chi connectivity index (χ3n) is 6.59. The monoisotopic (exact) mass is 448 g/mol. The molecule has 2 aromatic heterocycles. The molecule has 3 aromatic rings. The van der Waals surface area contributed by atoms with Gasteiger partial charge in [0, 0.05) is 24.0 Å². The van der Waals surface area contributed by atoms with Crippen molar-refractivity contribution in [1.29, 1.82) is 0 Å². The number of hydrogen-bond donors (Lipinski definition) is 3. The van der Waals surface area contributed by atoms with E-state index in [4.69, 9.17) is 0 Å². The number of amides is 2. The Morgan fingerprint density at radius 3 is 2.33 bits per heavy atom. The summed E-state index contributed by atoms with van der Waals surface area (Å²) < 4.78 is 1.69. The van der Waals surface area contributed by atoms with Gasteiger partial charge in [-0.25, -0.2) is 4.98 Å². The largest absolute Gasteiger partial charge is 0.339 e. The van der Waals surface area contributed by atoms with Gasteiger partial charge in [0.1, 0.15) is 11.7 Å². The van der Waals surface area contributed by atoms with Crippen molar-refractivity contribution in [2.24, 2.45) is 13.0 Å². The molecule has 0 unspecified atom stereocenters. The van der Waals surface area contributed by atoms with Gasteiger partial charge in [-0.1, -0.05) is 31.4 Å². The number of nitrogens with zero attached hydrogens (tertiary/aromatic N) is 3. The van der Waals surface area contributed by atoms with Gasteiger partial charge in [0.15, 0.2) is 0 Å². The van der Waals surface area contributed by atoms with Crippen LogP contribution in [0.25, 0.3) is 11.1 Å². The van der Waals surface area contributed by atoms with E-state index in [1.165, 1.54) is 6.42 Å². The summed E-state index contributed by atoms with van der Waals surface area (Å²) in [5.41, 5.74) is 5.91. The number of rotatable bonds is 6. The van der Waals surface area contributed by atoms with Gasteiger partial charge in [-0.2, -0.15) is 5.10 Å². The van der Waals surface area contributed by atoms with Crippen molar-refractivity contribution in [3.05, 3.63) is 53.4 Å². The summed E-state index contributed by atoms with van der Waals surface area (Å²) >= 11 is 0. The minimum atomic E-state index is -0.592. The van der Waals surface area contributed by atoms with Gasteiger partial charge in [-0.05, 0) is 57.2 Å². The van der Waals surface area contributed by atoms with Gasteiger partial charge < -0.3 is 15.2 Å². The van der Waals surface area contributed by atoms with Gasteiger partial charge >= 0.3 is 0 Å². The van der Waals surface area contributed by atoms with Crippen LogP contribution in [0.2, 0.25) is 0 Å². The fourth-order valence-electron chi connectivity index (χ4n) is 4.86. The Morgan fingerprint density at radius 2 is 1.76 bits per heavy atom. The van der Waals surface area contributed by atoms with E-state index in [1.807, 2.05) is 38.1 Å². The number of aromatic nitrogens is 4. The molecule has 1 aliphatic rings. The van der Waals surface area contributed by atoms with Crippen molar-refractivity contribution in [1.82, 2.24) is 25.1 Å². The highest BCUT2D eigenvalue weighted by atomic mass is 16.2. The van der Waals surface area contributed by atoms with Crippen LogP contribution in [0.4, 0.5) is 5.69 Å². The summed E-state index contributed by atoms with van der Waals surface area (Å²) in [5.74, 6) is -0.329. The lowest BCUT2D eigenvalue weighted by Crippen LogP contribution is -2.49. The van der Waals surface area contributed by atoms with Gasteiger partial charge in [0.2, 0.25) is 5.91 Å². The highest BCUT2D eigenvalue weighted by Gasteiger charge is 2.32. The Balaban J connectivity index is 1.52. The SMILES string of the molecule is Cc1n[nH]c(C)c1-c1ccc(NC(=O)[C@@H](NC(=O)c2c(C)ncn2C)C2CCCCC2)cc1. The average molecular weight is 449 g/mol. The van der Waals surface area contributed by atoms with E-state index in [0.717, 1.165) is 48.2 Å². The summed E-state index contributed by atoms with van der Waals surface area (Å²) in [6.07, 6.45) is 6.81. The smallest absolute Gasteiger partial charge is 0.270 e. The lowest BCUT2D eigenvalue weighted by molar-refractivity contribution is -0.119. The normalized spacial score (nSPS) is 15.3. The van der Waals surface area contributed by atoms with E-state index in [-0.39, 0.29) is 17.7 Å². The highest BCUT2D eigenvalue weighted by molar-refractivity contribution is 6.01. The molecule has 2 heterocycles. The Bertz CT molecular complexity index is 1100. The maximum atomic E-state index is 13.3. The molecule has 4 rings (SSSR count). The second-order valence-electron chi connectivity index (χ2n) is 9.01. The third kappa shape index (κ3) is 4.84. The lowest BCUT2D eigenvalue weighted by Gasteiger charge is -2.30. The molecule has 3 N–H and O–H groups in total. The molecule has 174 valence electrons. The predicted molar refractivity (Wildman–Crippen MR) is 128 cm³/mol. The van der Waals surface area contributed by atoms with Crippen LogP contribution < -0.4 is 10.6 Å². The first kappa shape index (κ1) is 22.8. The molecule has 2 amide bonds. The standard InChI is InChI=1S/C25H32N6O2/c1-15-21(16(2)30-29-15)18-10-12-20(13-11-18)27-24(32)22(19-8-6-5-7-9-19)28-25(33)23-17(3)26-14-31(23)4/h10-14,19,22H,5-9H2,1-4H3,(H,27,32)(H,28,33)(H,29,30)/t22-/m0/s1. The van der Waals surface area contributed by atoms with E-state index in [9.17, 15) is 9.59 Å². The minimum Gasteiger partial charge on any atom is -0.339 e. The molecule has 8 nitrogen and oxygen atoms in total. The van der Waals surface area contributed by atoms with Crippen LogP contribution >= 0.6 is 0 Å². The number of aromatic amines is 1. The first-order chi connectivity index (χ1) is 15.8. The maximum Gasteiger partial charge on any atom is 0.270 e. The Labute approximate surface area is 194 Å². The fraction of sp³-hybridized carbons (Fsp3) is 0.440. The van der Waals surface area contributed by atoms with E-state index in [0.29, 0.717) is 17.1 Å². The average Bonchev–Trinajstić information content (AvgIpc) is 3.33. The number of aryl methyl sites for hydroxylation is 4. The fourth-order valence-corrected chi connectivity index (χ4v) is 4.86. The second kappa shape index (κ2) is 9.60. The summed E-state index contributed by atoms with van der Waals surface area (Å²) in [7, 11) is 1.79. The van der Waals surface area contributed by atoms with Crippen molar-refractivity contribution < 1.29 is 9.59 Å². The number of carbonyl (C=O) groups is 2. The first-order valence-corrected chi connectivity index (χ1v) is 11.6. The molecule has 33 heavy (non-hydrogen) atoms. The summed E-state index contributed by atoms with van der Waals surface area (Å²) in [5, 5.41) is 13.3. The van der Waals surface area contributed by atoms with E-state index < -0.39 is 6.04 Å². The zero-order valence-electron chi connectivity index (χ0n) is 19.7. The van der Waals surface area contributed by atoms with Crippen molar-refractivity contribution in [2.75, 3.05) is 5.32 Å². The van der Waals surface area contributed by atoms with Crippen LogP contribution in [-0.2, 0) is 11.8 Å². The molecule has 0 radical (unpaired) electrons. The zero-order chi connectivity index (χ0) is 23.5. The third-order valence-corrected chi connectivity index (χ3v) is 6.59. The molecule has 0 saturated heterocycles. The molecular weight excluding hydrogens is 416 g/mol. The first-order valence-electron chi connectivity index (χ1n) is 11.6. The quantitative estimate of drug-likeness (QED) is 0.529. The van der Waals surface area contributed by atoms with Gasteiger partial charge in [0.25, 0.3) is 5.91 Å². The van der Waals surface area contributed by atoms with E-state index >= 15 is 0 Å². The number of nitrogens with one attached hydrogen (secondary N) is 3. The molecule has 1 fully saturated rings. The predicted octanol–water partition coefficient (Wildman–Crippen LogP) is 4.05. The highest BCUT2D eigenvalue weighted by Crippen LogP contribution is 2.29. The number of H-pyrrole nitrogens is 1. The molecule has 1 aliphatic carbocycles. The number of anilines is 1. The van der Waals surface area contributed by atoms with Crippen LogP contribution in [0.5, 0.6) is 0 Å². The topological polar surface area (TPSA) is 105 Å².